The SMILES string of the molecule is CCNC(=NCc1cccc(N2CC=CC2)c1)NCCn1cccc1.I. The molecular formula is C20H28IN5. The van der Waals surface area contributed by atoms with Crippen molar-refractivity contribution in [3.05, 3.63) is 66.5 Å². The molecule has 2 N–H and O–H groups in total. The van der Waals surface area contributed by atoms with Crippen molar-refractivity contribution < 1.29 is 0 Å². The zero-order chi connectivity index (χ0) is 17.3. The van der Waals surface area contributed by atoms with Gasteiger partial charge in [-0.1, -0.05) is 24.3 Å². The summed E-state index contributed by atoms with van der Waals surface area (Å²) in [5, 5.41) is 6.71. The van der Waals surface area contributed by atoms with Gasteiger partial charge in [0.1, 0.15) is 0 Å². The Kier molecular flexibility index (Phi) is 8.53. The average molecular weight is 465 g/mol. The minimum Gasteiger partial charge on any atom is -0.364 e. The van der Waals surface area contributed by atoms with E-state index in [9.17, 15) is 0 Å². The van der Waals surface area contributed by atoms with E-state index < -0.39 is 0 Å². The predicted molar refractivity (Wildman–Crippen MR) is 120 cm³/mol. The van der Waals surface area contributed by atoms with Crippen LogP contribution in [0.5, 0.6) is 0 Å². The molecule has 1 aliphatic heterocycles. The van der Waals surface area contributed by atoms with Crippen molar-refractivity contribution >= 4 is 35.6 Å². The molecule has 6 heteroatoms. The summed E-state index contributed by atoms with van der Waals surface area (Å²) < 4.78 is 2.16. The van der Waals surface area contributed by atoms with E-state index in [1.165, 1.54) is 11.3 Å². The fourth-order valence-electron chi connectivity index (χ4n) is 2.88. The number of nitrogens with zero attached hydrogens (tertiary/aromatic N) is 3. The fraction of sp³-hybridized carbons (Fsp3) is 0.350. The summed E-state index contributed by atoms with van der Waals surface area (Å²) in [6, 6.07) is 12.7. The second kappa shape index (κ2) is 10.9. The average Bonchev–Trinajstić information content (AvgIpc) is 3.34. The van der Waals surface area contributed by atoms with Crippen molar-refractivity contribution in [2.24, 2.45) is 4.99 Å². The zero-order valence-corrected chi connectivity index (χ0v) is 17.6. The van der Waals surface area contributed by atoms with E-state index in [1.54, 1.807) is 0 Å². The van der Waals surface area contributed by atoms with Gasteiger partial charge < -0.3 is 20.1 Å². The van der Waals surface area contributed by atoms with E-state index in [0.717, 1.165) is 38.7 Å². The molecule has 2 heterocycles. The largest absolute Gasteiger partial charge is 0.364 e. The van der Waals surface area contributed by atoms with Crippen molar-refractivity contribution in [3.63, 3.8) is 0 Å². The maximum absolute atomic E-state index is 4.72. The summed E-state index contributed by atoms with van der Waals surface area (Å²) in [6.45, 7) is 7.38. The highest BCUT2D eigenvalue weighted by Gasteiger charge is 2.07. The lowest BCUT2D eigenvalue weighted by molar-refractivity contribution is 0.666. The number of rotatable bonds is 7. The number of nitrogens with one attached hydrogen (secondary N) is 2. The van der Waals surface area contributed by atoms with Gasteiger partial charge in [0.15, 0.2) is 5.96 Å². The molecule has 0 saturated heterocycles. The lowest BCUT2D eigenvalue weighted by Gasteiger charge is -2.18. The summed E-state index contributed by atoms with van der Waals surface area (Å²) in [6.07, 6.45) is 8.57. The maximum Gasteiger partial charge on any atom is 0.191 e. The minimum atomic E-state index is 0. The molecule has 1 aromatic heterocycles. The second-order valence-corrected chi connectivity index (χ2v) is 6.09. The molecule has 140 valence electrons. The Morgan fingerprint density at radius 3 is 2.58 bits per heavy atom. The summed E-state index contributed by atoms with van der Waals surface area (Å²) in [5.74, 6) is 0.864. The van der Waals surface area contributed by atoms with Crippen molar-refractivity contribution in [1.82, 2.24) is 15.2 Å². The molecule has 0 bridgehead atoms. The highest BCUT2D eigenvalue weighted by Crippen LogP contribution is 2.18. The second-order valence-electron chi connectivity index (χ2n) is 6.09. The fourth-order valence-corrected chi connectivity index (χ4v) is 2.88. The van der Waals surface area contributed by atoms with Crippen molar-refractivity contribution in [3.8, 4) is 0 Å². The van der Waals surface area contributed by atoms with Gasteiger partial charge in [-0.25, -0.2) is 4.99 Å². The zero-order valence-electron chi connectivity index (χ0n) is 15.3. The van der Waals surface area contributed by atoms with Crippen LogP contribution < -0.4 is 15.5 Å². The van der Waals surface area contributed by atoms with E-state index in [2.05, 4.69) is 75.8 Å². The van der Waals surface area contributed by atoms with Crippen LogP contribution in [0.25, 0.3) is 0 Å². The van der Waals surface area contributed by atoms with Crippen molar-refractivity contribution in [2.75, 3.05) is 31.1 Å². The molecular weight excluding hydrogens is 437 g/mol. The van der Waals surface area contributed by atoms with Gasteiger partial charge in [-0.15, -0.1) is 24.0 Å². The molecule has 0 spiro atoms. The van der Waals surface area contributed by atoms with Crippen molar-refractivity contribution in [2.45, 2.75) is 20.0 Å². The van der Waals surface area contributed by atoms with Crippen LogP contribution in [0.15, 0.2) is 65.9 Å². The number of aromatic nitrogens is 1. The highest BCUT2D eigenvalue weighted by atomic mass is 127. The summed E-state index contributed by atoms with van der Waals surface area (Å²) in [7, 11) is 0. The molecule has 0 unspecified atom stereocenters. The Balaban J connectivity index is 0.00000243. The van der Waals surface area contributed by atoms with Crippen LogP contribution in [-0.4, -0.2) is 36.7 Å². The Bertz CT molecular complexity index is 701. The summed E-state index contributed by atoms with van der Waals surface area (Å²) in [5.41, 5.74) is 2.50. The Morgan fingerprint density at radius 2 is 1.85 bits per heavy atom. The van der Waals surface area contributed by atoms with Crippen LogP contribution in [0.2, 0.25) is 0 Å². The van der Waals surface area contributed by atoms with Crippen molar-refractivity contribution in [1.29, 1.82) is 0 Å². The minimum absolute atomic E-state index is 0. The van der Waals surface area contributed by atoms with Gasteiger partial charge in [-0.05, 0) is 36.8 Å². The van der Waals surface area contributed by atoms with Crippen LogP contribution in [0.3, 0.4) is 0 Å². The van der Waals surface area contributed by atoms with Crippen LogP contribution in [-0.2, 0) is 13.1 Å². The first-order valence-corrected chi connectivity index (χ1v) is 8.97. The van der Waals surface area contributed by atoms with Gasteiger partial charge in [0.2, 0.25) is 0 Å². The van der Waals surface area contributed by atoms with Gasteiger partial charge in [-0.3, -0.25) is 0 Å². The number of guanidine groups is 1. The van der Waals surface area contributed by atoms with Gasteiger partial charge in [0, 0.05) is 50.8 Å². The third-order valence-corrected chi connectivity index (χ3v) is 4.19. The van der Waals surface area contributed by atoms with Crippen LogP contribution in [0.1, 0.15) is 12.5 Å². The first-order chi connectivity index (χ1) is 12.3. The number of hydrogen-bond donors (Lipinski definition) is 2. The molecule has 0 fully saturated rings. The third-order valence-electron chi connectivity index (χ3n) is 4.19. The quantitative estimate of drug-likeness (QED) is 0.286. The van der Waals surface area contributed by atoms with E-state index in [0.29, 0.717) is 6.54 Å². The monoisotopic (exact) mass is 465 g/mol. The normalized spacial score (nSPS) is 13.6. The van der Waals surface area contributed by atoms with Crippen LogP contribution in [0.4, 0.5) is 5.69 Å². The van der Waals surface area contributed by atoms with E-state index in [1.807, 2.05) is 12.1 Å². The molecule has 0 atom stereocenters. The van der Waals surface area contributed by atoms with Gasteiger partial charge in [-0.2, -0.15) is 0 Å². The molecule has 1 aliphatic rings. The number of hydrogen-bond acceptors (Lipinski definition) is 2. The maximum atomic E-state index is 4.72. The standard InChI is InChI=1S/C20H27N5.HI/c1-2-21-20(22-10-15-24-11-3-4-12-24)23-17-18-8-7-9-19(16-18)25-13-5-6-14-25;/h3-9,11-12,16H,2,10,13-15,17H2,1H3,(H2,21,22,23);1H. The molecule has 0 aliphatic carbocycles. The lowest BCUT2D eigenvalue weighted by atomic mass is 10.2. The third kappa shape index (κ3) is 6.09. The smallest absolute Gasteiger partial charge is 0.191 e. The number of anilines is 1. The molecule has 2 aromatic rings. The van der Waals surface area contributed by atoms with Crippen LogP contribution >= 0.6 is 24.0 Å². The number of benzene rings is 1. The van der Waals surface area contributed by atoms with E-state index in [-0.39, 0.29) is 24.0 Å². The summed E-state index contributed by atoms with van der Waals surface area (Å²) >= 11 is 0. The molecule has 0 radical (unpaired) electrons. The summed E-state index contributed by atoms with van der Waals surface area (Å²) in [4.78, 5) is 7.08. The van der Waals surface area contributed by atoms with E-state index >= 15 is 0 Å². The predicted octanol–water partition coefficient (Wildman–Crippen LogP) is 3.24. The van der Waals surface area contributed by atoms with Gasteiger partial charge >= 0.3 is 0 Å². The van der Waals surface area contributed by atoms with Gasteiger partial charge in [0.25, 0.3) is 0 Å². The highest BCUT2D eigenvalue weighted by molar-refractivity contribution is 14.0. The number of halogens is 1. The molecule has 26 heavy (non-hydrogen) atoms. The first kappa shape index (κ1) is 20.4. The first-order valence-electron chi connectivity index (χ1n) is 8.97. The van der Waals surface area contributed by atoms with E-state index in [4.69, 9.17) is 4.99 Å². The Labute approximate surface area is 173 Å². The molecule has 0 saturated carbocycles. The molecule has 0 amide bonds. The Morgan fingerprint density at radius 1 is 1.08 bits per heavy atom. The molecule has 5 nitrogen and oxygen atoms in total. The number of aliphatic imine (C=N–C) groups is 1. The Hall–Kier alpha value is -1.96. The topological polar surface area (TPSA) is 44.6 Å². The molecule has 3 rings (SSSR count). The van der Waals surface area contributed by atoms with Crippen LogP contribution in [0, 0.1) is 0 Å². The lowest BCUT2D eigenvalue weighted by Crippen LogP contribution is -2.38. The molecule has 1 aromatic carbocycles. The van der Waals surface area contributed by atoms with Gasteiger partial charge in [0.05, 0.1) is 6.54 Å².